The number of rotatable bonds is 2. The van der Waals surface area contributed by atoms with Gasteiger partial charge in [-0.25, -0.2) is 0 Å². The second-order valence-corrected chi connectivity index (χ2v) is 1.78. The summed E-state index contributed by atoms with van der Waals surface area (Å²) in [6, 6.07) is 6.37. The molecule has 0 spiro atoms. The lowest BCUT2D eigenvalue weighted by molar-refractivity contribution is 0.403. The Hall–Kier alpha value is -1.18. The lowest BCUT2D eigenvalue weighted by atomic mass is 10.3. The third-order valence-corrected chi connectivity index (χ3v) is 1.18. The number of hydrogen-bond donors (Lipinski definition) is 0. The van der Waals surface area contributed by atoms with Crippen LogP contribution in [-0.4, -0.2) is 14.1 Å². The number of ether oxygens (including phenoxy) is 2. The van der Waals surface area contributed by atoms with Gasteiger partial charge >= 0.3 is 0 Å². The van der Waals surface area contributed by atoms with Crippen molar-refractivity contribution in [2.45, 2.75) is 0 Å². The van der Waals surface area contributed by atoms with Gasteiger partial charge in [-0.1, -0.05) is 0 Å². The van der Waals surface area contributed by atoms with E-state index >= 15 is 0 Å². The molecule has 0 amide bonds. The van der Waals surface area contributed by atoms with Crippen molar-refractivity contribution in [1.82, 2.24) is 0 Å². The summed E-state index contributed by atoms with van der Waals surface area (Å²) in [6.45, 7) is 0. The molecule has 1 rings (SSSR count). The monoisotopic (exact) mass is 141 g/mol. The highest BCUT2D eigenvalue weighted by atomic mass is 16.5. The highest BCUT2D eigenvalue weighted by Gasteiger charge is 1.89. The molecule has 0 atom stereocenters. The predicted molar refractivity (Wildman–Crippen MR) is 39.5 cm³/mol. The number of methoxy groups -OCH3 is 2. The fourth-order valence-corrected chi connectivity index (χ4v) is 0.644. The molecule has 0 aliphatic heterocycles. The minimum absolute atomic E-state index is 0.306. The molecule has 0 radical (unpaired) electrons. The highest BCUT2D eigenvalue weighted by Crippen LogP contribution is 2.15. The van der Waals surface area contributed by atoms with Crippen LogP contribution in [0.2, 0.25) is 0 Å². The average molecular weight is 141 g/mol. The van der Waals surface area contributed by atoms with Crippen LogP contribution in [0.25, 0.3) is 0 Å². The van der Waals surface area contributed by atoms with Crippen molar-refractivity contribution < 1.29 is 13.6 Å². The first kappa shape index (κ1) is 3.86. The van der Waals surface area contributed by atoms with Crippen LogP contribution in [0, 0.1) is 0 Å². The summed E-state index contributed by atoms with van der Waals surface area (Å²) in [5.74, 6) is 0.971. The molecule has 54 valence electrons. The molecule has 0 aromatic heterocycles. The molecular formula is C8H10O2. The van der Waals surface area contributed by atoms with Crippen molar-refractivity contribution in [1.29, 1.82) is 0 Å². The van der Waals surface area contributed by atoms with Crippen molar-refractivity contribution in [2.75, 3.05) is 14.1 Å². The molecule has 2 nitrogen and oxygen atoms in total. The minimum Gasteiger partial charge on any atom is -0.497 e. The van der Waals surface area contributed by atoms with Crippen molar-refractivity contribution >= 4 is 0 Å². The van der Waals surface area contributed by atoms with Crippen LogP contribution in [-0.2, 0) is 0 Å². The third-order valence-electron chi connectivity index (χ3n) is 1.18. The van der Waals surface area contributed by atoms with Gasteiger partial charge in [0.1, 0.15) is 11.5 Å². The van der Waals surface area contributed by atoms with E-state index in [9.17, 15) is 0 Å². The van der Waals surface area contributed by atoms with Crippen LogP contribution in [0.5, 0.6) is 11.5 Å². The molecule has 0 bridgehead atoms. The van der Waals surface area contributed by atoms with Crippen molar-refractivity contribution in [3.8, 4) is 11.5 Å². The van der Waals surface area contributed by atoms with Gasteiger partial charge in [-0.2, -0.15) is 0 Å². The van der Waals surface area contributed by atoms with Gasteiger partial charge < -0.3 is 9.47 Å². The maximum Gasteiger partial charge on any atom is 0.119 e. The third kappa shape index (κ3) is 1.41. The van der Waals surface area contributed by atoms with Crippen LogP contribution < -0.4 is 9.47 Å². The van der Waals surface area contributed by atoms with Crippen LogP contribution in [0.4, 0.5) is 0 Å². The van der Waals surface area contributed by atoms with Gasteiger partial charge in [0.15, 0.2) is 0 Å². The molecule has 0 N–H and O–H groups in total. The summed E-state index contributed by atoms with van der Waals surface area (Å²) in [5, 5.41) is 0. The molecule has 0 unspecified atom stereocenters. The quantitative estimate of drug-likeness (QED) is 0.624. The second-order valence-electron chi connectivity index (χ2n) is 1.78. The first-order valence-electron chi connectivity index (χ1n) is 4.34. The van der Waals surface area contributed by atoms with E-state index in [1.807, 2.05) is 0 Å². The van der Waals surface area contributed by atoms with Crippen LogP contribution in [0.3, 0.4) is 0 Å². The number of benzene rings is 1. The predicted octanol–water partition coefficient (Wildman–Crippen LogP) is 1.70. The lowest BCUT2D eigenvalue weighted by Crippen LogP contribution is -1.83. The summed E-state index contributed by atoms with van der Waals surface area (Å²) in [7, 11) is -0.853. The van der Waals surface area contributed by atoms with E-state index in [-0.39, 0.29) is 0 Å². The first-order valence-corrected chi connectivity index (χ1v) is 2.84. The van der Waals surface area contributed by atoms with Gasteiger partial charge in [0, 0.05) is 0 Å². The Bertz CT molecular complexity index is 266. The Morgan fingerprint density at radius 1 is 1.10 bits per heavy atom. The van der Waals surface area contributed by atoms with E-state index in [1.165, 1.54) is 0 Å². The van der Waals surface area contributed by atoms with Gasteiger partial charge in [-0.3, -0.25) is 0 Å². The zero-order chi connectivity index (χ0) is 9.90. The Balaban J connectivity index is 2.70. The lowest BCUT2D eigenvalue weighted by Gasteiger charge is -2.00. The van der Waals surface area contributed by atoms with Gasteiger partial charge in [-0.05, 0) is 24.3 Å². The fraction of sp³-hybridized carbons (Fsp3) is 0.250. The summed E-state index contributed by atoms with van der Waals surface area (Å²) in [6.07, 6.45) is 0. The van der Waals surface area contributed by atoms with E-state index in [0.717, 1.165) is 0 Å². The minimum atomic E-state index is -2.39. The van der Waals surface area contributed by atoms with Gasteiger partial charge in [0.2, 0.25) is 0 Å². The fourth-order valence-electron chi connectivity index (χ4n) is 0.644. The van der Waals surface area contributed by atoms with E-state index in [0.29, 0.717) is 11.5 Å². The summed E-state index contributed by atoms with van der Waals surface area (Å²) < 4.78 is 30.1. The molecule has 1 aromatic carbocycles. The van der Waals surface area contributed by atoms with Crippen LogP contribution in [0.1, 0.15) is 4.11 Å². The molecule has 0 aliphatic carbocycles. The molecule has 0 saturated heterocycles. The van der Waals surface area contributed by atoms with Crippen molar-refractivity contribution in [3.63, 3.8) is 0 Å². The summed E-state index contributed by atoms with van der Waals surface area (Å²) in [5.41, 5.74) is 0. The van der Waals surface area contributed by atoms with Gasteiger partial charge in [0.25, 0.3) is 0 Å². The maximum absolute atomic E-state index is 6.85. The highest BCUT2D eigenvalue weighted by molar-refractivity contribution is 5.30. The summed E-state index contributed by atoms with van der Waals surface area (Å²) in [4.78, 5) is 0. The molecule has 0 heterocycles. The molecular weight excluding hydrogens is 128 g/mol. The molecule has 10 heavy (non-hydrogen) atoms. The Morgan fingerprint density at radius 3 is 2.00 bits per heavy atom. The van der Waals surface area contributed by atoms with E-state index in [4.69, 9.17) is 8.85 Å². The van der Waals surface area contributed by atoms with E-state index in [1.54, 1.807) is 31.4 Å². The zero-order valence-electron chi connectivity index (χ0n) is 8.63. The van der Waals surface area contributed by atoms with Crippen molar-refractivity contribution in [3.05, 3.63) is 24.3 Å². The normalized spacial score (nSPS) is 14.7. The van der Waals surface area contributed by atoms with Gasteiger partial charge in [-0.15, -0.1) is 0 Å². The summed E-state index contributed by atoms with van der Waals surface area (Å²) >= 11 is 0. The standard InChI is InChI=1S/C8H10O2/c1-9-7-3-5-8(10-2)6-4-7/h3-6H,1-2H3/i1D3. The molecule has 0 saturated carbocycles. The maximum atomic E-state index is 6.85. The van der Waals surface area contributed by atoms with Crippen LogP contribution >= 0.6 is 0 Å². The van der Waals surface area contributed by atoms with E-state index in [2.05, 4.69) is 4.74 Å². The van der Waals surface area contributed by atoms with Crippen molar-refractivity contribution in [2.24, 2.45) is 0 Å². The second kappa shape index (κ2) is 3.11. The Kier molecular flexibility index (Phi) is 1.20. The first-order chi connectivity index (χ1) is 6.01. The largest absolute Gasteiger partial charge is 0.497 e. The zero-order valence-corrected chi connectivity index (χ0v) is 5.63. The average Bonchev–Trinajstić information content (AvgIpc) is 2.03. The smallest absolute Gasteiger partial charge is 0.119 e. The molecule has 0 aliphatic rings. The Labute approximate surface area is 64.6 Å². The topological polar surface area (TPSA) is 18.5 Å². The molecule has 1 aromatic rings. The molecule has 2 heteroatoms. The molecule has 0 fully saturated rings. The van der Waals surface area contributed by atoms with E-state index < -0.39 is 7.04 Å². The SMILES string of the molecule is [2H]C([2H])([2H])Oc1ccc(OC)cc1. The Morgan fingerprint density at radius 2 is 1.60 bits per heavy atom. The number of hydrogen-bond acceptors (Lipinski definition) is 2. The van der Waals surface area contributed by atoms with Gasteiger partial charge in [0.05, 0.1) is 18.3 Å². The van der Waals surface area contributed by atoms with Crippen LogP contribution in [0.15, 0.2) is 24.3 Å².